The zero-order valence-electron chi connectivity index (χ0n) is 12.8. The molecule has 0 aromatic heterocycles. The fourth-order valence-electron chi connectivity index (χ4n) is 2.24. The first-order valence-electron chi connectivity index (χ1n) is 7.28. The smallest absolute Gasteiger partial charge is 0.130 e. The first-order valence-corrected chi connectivity index (χ1v) is 7.28. The van der Waals surface area contributed by atoms with Crippen LogP contribution in [0.1, 0.15) is 30.0 Å². The van der Waals surface area contributed by atoms with Crippen molar-refractivity contribution in [2.45, 2.75) is 39.7 Å². The fraction of sp³-hybridized carbons (Fsp3) is 0.333. The van der Waals surface area contributed by atoms with Gasteiger partial charge >= 0.3 is 0 Å². The van der Waals surface area contributed by atoms with E-state index in [9.17, 15) is 4.39 Å². The zero-order chi connectivity index (χ0) is 15.4. The Morgan fingerprint density at radius 2 is 1.81 bits per heavy atom. The maximum Gasteiger partial charge on any atom is 0.130 e. The first kappa shape index (κ1) is 15.5. The molecule has 0 saturated carbocycles. The summed E-state index contributed by atoms with van der Waals surface area (Å²) in [5.74, 6) is 1.21. The number of hydrogen-bond donors (Lipinski definition) is 1. The Balaban J connectivity index is 2.30. The molecule has 0 bridgehead atoms. The highest BCUT2D eigenvalue weighted by atomic mass is 19.1. The molecule has 1 unspecified atom stereocenters. The molecule has 112 valence electrons. The van der Waals surface area contributed by atoms with Crippen LogP contribution in [0.5, 0.6) is 11.5 Å². The molecule has 0 fully saturated rings. The Kier molecular flexibility index (Phi) is 4.97. The van der Waals surface area contributed by atoms with Crippen LogP contribution in [0.15, 0.2) is 36.4 Å². The number of hydrogen-bond acceptors (Lipinski definition) is 2. The Morgan fingerprint density at radius 1 is 1.10 bits per heavy atom. The molecule has 0 spiro atoms. The van der Waals surface area contributed by atoms with Crippen LogP contribution >= 0.6 is 0 Å². The third kappa shape index (κ3) is 4.05. The van der Waals surface area contributed by atoms with E-state index in [2.05, 4.69) is 13.0 Å². The van der Waals surface area contributed by atoms with Gasteiger partial charge < -0.3 is 10.5 Å². The average Bonchev–Trinajstić information content (AvgIpc) is 2.44. The van der Waals surface area contributed by atoms with Crippen molar-refractivity contribution in [2.75, 3.05) is 0 Å². The monoisotopic (exact) mass is 287 g/mol. The molecule has 2 aromatic rings. The van der Waals surface area contributed by atoms with E-state index in [1.54, 1.807) is 6.07 Å². The van der Waals surface area contributed by atoms with Crippen molar-refractivity contribution in [3.05, 3.63) is 58.9 Å². The van der Waals surface area contributed by atoms with Crippen molar-refractivity contribution in [3.8, 4) is 11.5 Å². The van der Waals surface area contributed by atoms with Gasteiger partial charge in [0.05, 0.1) is 0 Å². The van der Waals surface area contributed by atoms with Gasteiger partial charge in [-0.2, -0.15) is 0 Å². The predicted octanol–water partition coefficient (Wildman–Crippen LogP) is 4.51. The largest absolute Gasteiger partial charge is 0.457 e. The van der Waals surface area contributed by atoms with Gasteiger partial charge in [-0.25, -0.2) is 4.39 Å². The maximum absolute atomic E-state index is 13.2. The Labute approximate surface area is 125 Å². The van der Waals surface area contributed by atoms with Crippen LogP contribution in [0.25, 0.3) is 0 Å². The summed E-state index contributed by atoms with van der Waals surface area (Å²) in [5, 5.41) is 0. The molecular weight excluding hydrogens is 265 g/mol. The lowest BCUT2D eigenvalue weighted by Crippen LogP contribution is -2.21. The van der Waals surface area contributed by atoms with E-state index in [-0.39, 0.29) is 11.9 Å². The van der Waals surface area contributed by atoms with Crippen molar-refractivity contribution in [3.63, 3.8) is 0 Å². The molecule has 2 nitrogen and oxygen atoms in total. The Morgan fingerprint density at radius 3 is 2.48 bits per heavy atom. The SMILES string of the molecule is CCC(N)Cc1cc(C)ccc1Oc1ccc(F)cc1C. The van der Waals surface area contributed by atoms with Gasteiger partial charge in [0, 0.05) is 6.04 Å². The van der Waals surface area contributed by atoms with Gasteiger partial charge in [-0.15, -0.1) is 0 Å². The second kappa shape index (κ2) is 6.72. The third-order valence-electron chi connectivity index (χ3n) is 3.58. The van der Waals surface area contributed by atoms with Crippen LogP contribution in [0.2, 0.25) is 0 Å². The van der Waals surface area contributed by atoms with Gasteiger partial charge in [-0.1, -0.05) is 24.6 Å². The highest BCUT2D eigenvalue weighted by molar-refractivity contribution is 5.43. The molecule has 0 saturated heterocycles. The molecule has 0 heterocycles. The fourth-order valence-corrected chi connectivity index (χ4v) is 2.24. The minimum atomic E-state index is -0.253. The first-order chi connectivity index (χ1) is 9.99. The highest BCUT2D eigenvalue weighted by Gasteiger charge is 2.10. The lowest BCUT2D eigenvalue weighted by Gasteiger charge is -2.16. The Bertz CT molecular complexity index is 625. The van der Waals surface area contributed by atoms with Gasteiger partial charge in [0.1, 0.15) is 17.3 Å². The standard InChI is InChI=1S/C18H22FNO/c1-4-16(20)11-14-9-12(2)5-7-18(14)21-17-8-6-15(19)10-13(17)3/h5-10,16H,4,11,20H2,1-3H3. The molecule has 0 aliphatic heterocycles. The summed E-state index contributed by atoms with van der Waals surface area (Å²) >= 11 is 0. The van der Waals surface area contributed by atoms with Crippen LogP contribution in [0, 0.1) is 19.7 Å². The van der Waals surface area contributed by atoms with Crippen molar-refractivity contribution in [1.82, 2.24) is 0 Å². The van der Waals surface area contributed by atoms with Crippen molar-refractivity contribution in [1.29, 1.82) is 0 Å². The van der Waals surface area contributed by atoms with E-state index in [1.165, 1.54) is 17.7 Å². The average molecular weight is 287 g/mol. The summed E-state index contributed by atoms with van der Waals surface area (Å²) in [4.78, 5) is 0. The number of rotatable bonds is 5. The molecule has 2 aromatic carbocycles. The minimum absolute atomic E-state index is 0.114. The van der Waals surface area contributed by atoms with E-state index in [4.69, 9.17) is 10.5 Å². The van der Waals surface area contributed by atoms with E-state index in [0.29, 0.717) is 5.75 Å². The van der Waals surface area contributed by atoms with Crippen molar-refractivity contribution in [2.24, 2.45) is 5.73 Å². The maximum atomic E-state index is 13.2. The molecule has 0 aliphatic rings. The van der Waals surface area contributed by atoms with Gasteiger partial charge in [0.2, 0.25) is 0 Å². The predicted molar refractivity (Wildman–Crippen MR) is 84.4 cm³/mol. The summed E-state index contributed by atoms with van der Waals surface area (Å²) in [6.07, 6.45) is 1.69. The molecule has 1 atom stereocenters. The van der Waals surface area contributed by atoms with Crippen LogP contribution in [-0.2, 0) is 6.42 Å². The second-order valence-electron chi connectivity index (χ2n) is 5.50. The molecule has 0 amide bonds. The molecule has 0 radical (unpaired) electrons. The summed E-state index contributed by atoms with van der Waals surface area (Å²) in [6.45, 7) is 5.96. The number of nitrogens with two attached hydrogens (primary N) is 1. The Hall–Kier alpha value is -1.87. The van der Waals surface area contributed by atoms with E-state index >= 15 is 0 Å². The molecular formula is C18H22FNO. The summed E-state index contributed by atoms with van der Waals surface area (Å²) in [6, 6.07) is 10.7. The molecule has 0 aliphatic carbocycles. The normalized spacial score (nSPS) is 12.2. The van der Waals surface area contributed by atoms with E-state index < -0.39 is 0 Å². The van der Waals surface area contributed by atoms with Gasteiger partial charge in [0.25, 0.3) is 0 Å². The number of benzene rings is 2. The molecule has 3 heteroatoms. The third-order valence-corrected chi connectivity index (χ3v) is 3.58. The second-order valence-corrected chi connectivity index (χ2v) is 5.50. The van der Waals surface area contributed by atoms with Gasteiger partial charge in [0.15, 0.2) is 0 Å². The van der Waals surface area contributed by atoms with Crippen LogP contribution < -0.4 is 10.5 Å². The quantitative estimate of drug-likeness (QED) is 0.877. The minimum Gasteiger partial charge on any atom is -0.457 e. The lowest BCUT2D eigenvalue weighted by molar-refractivity contribution is 0.466. The number of aryl methyl sites for hydroxylation is 2. The summed E-state index contributed by atoms with van der Waals surface area (Å²) in [5.41, 5.74) is 9.11. The molecule has 2 N–H and O–H groups in total. The zero-order valence-corrected chi connectivity index (χ0v) is 12.8. The topological polar surface area (TPSA) is 35.2 Å². The number of ether oxygens (including phenoxy) is 1. The van der Waals surface area contributed by atoms with Crippen molar-refractivity contribution >= 4 is 0 Å². The highest BCUT2D eigenvalue weighted by Crippen LogP contribution is 2.29. The van der Waals surface area contributed by atoms with Crippen LogP contribution in [-0.4, -0.2) is 6.04 Å². The van der Waals surface area contributed by atoms with Crippen LogP contribution in [0.3, 0.4) is 0 Å². The van der Waals surface area contributed by atoms with Crippen molar-refractivity contribution < 1.29 is 9.13 Å². The summed E-state index contributed by atoms with van der Waals surface area (Å²) < 4.78 is 19.1. The van der Waals surface area contributed by atoms with Gasteiger partial charge in [-0.3, -0.25) is 0 Å². The van der Waals surface area contributed by atoms with E-state index in [1.807, 2.05) is 26.0 Å². The lowest BCUT2D eigenvalue weighted by atomic mass is 10.0. The van der Waals surface area contributed by atoms with Crippen LogP contribution in [0.4, 0.5) is 4.39 Å². The number of halogens is 1. The van der Waals surface area contributed by atoms with E-state index in [0.717, 1.165) is 29.7 Å². The molecule has 21 heavy (non-hydrogen) atoms. The van der Waals surface area contributed by atoms with Gasteiger partial charge in [-0.05, 0) is 62.1 Å². The molecule has 2 rings (SSSR count). The summed E-state index contributed by atoms with van der Waals surface area (Å²) in [7, 11) is 0.